The van der Waals surface area contributed by atoms with E-state index in [-0.39, 0.29) is 18.1 Å². The predicted molar refractivity (Wildman–Crippen MR) is 79.1 cm³/mol. The minimum atomic E-state index is 0.124. The Balaban J connectivity index is 1.49. The molecule has 22 heavy (non-hydrogen) atoms. The van der Waals surface area contributed by atoms with Gasteiger partial charge in [0, 0.05) is 32.8 Å². The number of rotatable bonds is 4. The van der Waals surface area contributed by atoms with Crippen molar-refractivity contribution in [3.63, 3.8) is 0 Å². The second-order valence-electron chi connectivity index (χ2n) is 6.78. The maximum Gasteiger partial charge on any atom is 0.226 e. The molecule has 3 heterocycles. The van der Waals surface area contributed by atoms with E-state index in [0.29, 0.717) is 17.7 Å². The van der Waals surface area contributed by atoms with Gasteiger partial charge in [0.2, 0.25) is 5.91 Å². The molecule has 1 aromatic rings. The summed E-state index contributed by atoms with van der Waals surface area (Å²) in [6, 6.07) is 0.129. The molecule has 120 valence electrons. The van der Waals surface area contributed by atoms with E-state index in [1.54, 1.807) is 11.8 Å². The normalized spacial score (nSPS) is 36.6. The van der Waals surface area contributed by atoms with Crippen LogP contribution in [0.25, 0.3) is 0 Å². The Labute approximate surface area is 130 Å². The number of ether oxygens (including phenoxy) is 2. The highest BCUT2D eigenvalue weighted by Gasteiger charge is 2.60. The summed E-state index contributed by atoms with van der Waals surface area (Å²) >= 11 is 0. The molecule has 2 aliphatic heterocycles. The van der Waals surface area contributed by atoms with Crippen molar-refractivity contribution in [1.82, 2.24) is 14.7 Å². The summed E-state index contributed by atoms with van der Waals surface area (Å²) in [6.45, 7) is 2.32. The minimum Gasteiger partial charge on any atom is -0.381 e. The predicted octanol–water partition coefficient (Wildman–Crippen LogP) is 0.471. The summed E-state index contributed by atoms with van der Waals surface area (Å²) < 4.78 is 12.8. The first kappa shape index (κ1) is 14.2. The third-order valence-corrected chi connectivity index (χ3v) is 5.51. The Morgan fingerprint density at radius 2 is 2.23 bits per heavy atom. The molecule has 0 radical (unpaired) electrons. The highest BCUT2D eigenvalue weighted by molar-refractivity contribution is 5.83. The van der Waals surface area contributed by atoms with Crippen LogP contribution in [-0.2, 0) is 27.7 Å². The van der Waals surface area contributed by atoms with Gasteiger partial charge in [-0.25, -0.2) is 0 Å². The monoisotopic (exact) mass is 305 g/mol. The van der Waals surface area contributed by atoms with Crippen LogP contribution in [-0.4, -0.2) is 59.6 Å². The summed E-state index contributed by atoms with van der Waals surface area (Å²) in [5, 5.41) is 4.23. The van der Waals surface area contributed by atoms with Gasteiger partial charge in [0.05, 0.1) is 31.6 Å². The molecular weight excluding hydrogens is 282 g/mol. The summed E-state index contributed by atoms with van der Waals surface area (Å²) in [7, 11) is 3.66. The van der Waals surface area contributed by atoms with E-state index in [9.17, 15) is 4.79 Å². The van der Waals surface area contributed by atoms with E-state index in [1.165, 1.54) is 0 Å². The summed E-state index contributed by atoms with van der Waals surface area (Å²) in [4.78, 5) is 14.9. The van der Waals surface area contributed by atoms with Crippen LogP contribution in [0.2, 0.25) is 0 Å². The van der Waals surface area contributed by atoms with Crippen LogP contribution in [0.4, 0.5) is 0 Å². The molecule has 1 saturated carbocycles. The molecule has 6 nitrogen and oxygen atoms in total. The minimum absolute atomic E-state index is 0.124. The lowest BCUT2D eigenvalue weighted by molar-refractivity contribution is -0.135. The van der Waals surface area contributed by atoms with Crippen molar-refractivity contribution in [2.75, 3.05) is 26.9 Å². The lowest BCUT2D eigenvalue weighted by Gasteiger charge is -2.28. The van der Waals surface area contributed by atoms with Gasteiger partial charge in [-0.1, -0.05) is 0 Å². The standard InChI is InChI=1S/C16H23N3O3/c1-18-7-10(6-17-18)5-13-14(21-2)3-4-19(13)16(20)15-11-8-22-9-12(11)15/h6-7,11-15H,3-5,8-9H2,1-2H3/t11-,12+,13-,14+,15?/m0/s1. The molecule has 3 aliphatic rings. The van der Waals surface area contributed by atoms with Crippen LogP contribution < -0.4 is 0 Å². The highest BCUT2D eigenvalue weighted by atomic mass is 16.5. The third-order valence-electron chi connectivity index (χ3n) is 5.51. The number of methoxy groups -OCH3 is 1. The van der Waals surface area contributed by atoms with Gasteiger partial charge in [0.25, 0.3) is 0 Å². The topological polar surface area (TPSA) is 56.6 Å². The molecule has 4 rings (SSSR count). The quantitative estimate of drug-likeness (QED) is 0.811. The molecule has 0 spiro atoms. The number of aryl methyl sites for hydroxylation is 1. The number of aromatic nitrogens is 2. The molecule has 0 bridgehead atoms. The second-order valence-corrected chi connectivity index (χ2v) is 6.78. The van der Waals surface area contributed by atoms with E-state index in [0.717, 1.165) is 38.2 Å². The average molecular weight is 305 g/mol. The Morgan fingerprint density at radius 3 is 2.86 bits per heavy atom. The molecule has 5 atom stereocenters. The second kappa shape index (κ2) is 5.35. The first-order chi connectivity index (χ1) is 10.7. The third kappa shape index (κ3) is 2.25. The smallest absolute Gasteiger partial charge is 0.226 e. The molecule has 6 heteroatoms. The van der Waals surface area contributed by atoms with Gasteiger partial charge in [0.1, 0.15) is 0 Å². The van der Waals surface area contributed by atoms with Crippen molar-refractivity contribution in [3.8, 4) is 0 Å². The number of carbonyl (C=O) groups excluding carboxylic acids is 1. The lowest BCUT2D eigenvalue weighted by atomic mass is 10.0. The van der Waals surface area contributed by atoms with Gasteiger partial charge in [-0.05, 0) is 30.2 Å². The zero-order valence-corrected chi connectivity index (χ0v) is 13.1. The molecule has 1 aliphatic carbocycles. The van der Waals surface area contributed by atoms with Crippen molar-refractivity contribution >= 4 is 5.91 Å². The molecule has 2 saturated heterocycles. The largest absolute Gasteiger partial charge is 0.381 e. The van der Waals surface area contributed by atoms with E-state index < -0.39 is 0 Å². The maximum atomic E-state index is 12.9. The molecular formula is C16H23N3O3. The van der Waals surface area contributed by atoms with Crippen LogP contribution in [0.15, 0.2) is 12.4 Å². The number of hydrogen-bond acceptors (Lipinski definition) is 4. The SMILES string of the molecule is CO[C@@H]1CCN(C(=O)C2[C@H]3COC[C@@H]23)[C@H]1Cc1cnn(C)c1. The fourth-order valence-corrected chi connectivity index (χ4v) is 4.23. The Kier molecular flexibility index (Phi) is 3.46. The summed E-state index contributed by atoms with van der Waals surface area (Å²) in [6.07, 6.45) is 5.77. The molecule has 0 aromatic carbocycles. The fraction of sp³-hybridized carbons (Fsp3) is 0.750. The number of likely N-dealkylation sites (tertiary alicyclic amines) is 1. The number of fused-ring (bicyclic) bond motifs is 1. The van der Waals surface area contributed by atoms with Crippen LogP contribution >= 0.6 is 0 Å². The van der Waals surface area contributed by atoms with Gasteiger partial charge in [0.15, 0.2) is 0 Å². The van der Waals surface area contributed by atoms with Gasteiger partial charge in [-0.3, -0.25) is 9.48 Å². The molecule has 1 amide bonds. The van der Waals surface area contributed by atoms with E-state index in [1.807, 2.05) is 19.4 Å². The van der Waals surface area contributed by atoms with E-state index in [2.05, 4.69) is 10.00 Å². The number of nitrogens with zero attached hydrogens (tertiary/aromatic N) is 3. The number of carbonyl (C=O) groups is 1. The van der Waals surface area contributed by atoms with Gasteiger partial charge in [-0.2, -0.15) is 5.10 Å². The van der Waals surface area contributed by atoms with Crippen molar-refractivity contribution in [3.05, 3.63) is 18.0 Å². The zero-order chi connectivity index (χ0) is 15.3. The van der Waals surface area contributed by atoms with Crippen LogP contribution in [0, 0.1) is 17.8 Å². The Bertz CT molecular complexity index is 563. The number of hydrogen-bond donors (Lipinski definition) is 0. The first-order valence-corrected chi connectivity index (χ1v) is 8.07. The maximum absolute atomic E-state index is 12.9. The Hall–Kier alpha value is -1.40. The van der Waals surface area contributed by atoms with E-state index in [4.69, 9.17) is 9.47 Å². The van der Waals surface area contributed by atoms with Crippen molar-refractivity contribution in [2.24, 2.45) is 24.8 Å². The van der Waals surface area contributed by atoms with Crippen molar-refractivity contribution in [1.29, 1.82) is 0 Å². The van der Waals surface area contributed by atoms with Crippen LogP contribution in [0.3, 0.4) is 0 Å². The van der Waals surface area contributed by atoms with Gasteiger partial charge < -0.3 is 14.4 Å². The van der Waals surface area contributed by atoms with Crippen molar-refractivity contribution < 1.29 is 14.3 Å². The Morgan fingerprint density at radius 1 is 1.45 bits per heavy atom. The molecule has 0 N–H and O–H groups in total. The van der Waals surface area contributed by atoms with Gasteiger partial charge in [-0.15, -0.1) is 0 Å². The molecule has 1 unspecified atom stereocenters. The van der Waals surface area contributed by atoms with E-state index >= 15 is 0 Å². The molecule has 1 aromatic heterocycles. The zero-order valence-electron chi connectivity index (χ0n) is 13.1. The van der Waals surface area contributed by atoms with Crippen LogP contribution in [0.1, 0.15) is 12.0 Å². The van der Waals surface area contributed by atoms with Crippen molar-refractivity contribution in [2.45, 2.75) is 25.0 Å². The number of amides is 1. The fourth-order valence-electron chi connectivity index (χ4n) is 4.23. The summed E-state index contributed by atoms with van der Waals surface area (Å²) in [5.74, 6) is 1.44. The lowest BCUT2D eigenvalue weighted by Crippen LogP contribution is -2.43. The first-order valence-electron chi connectivity index (χ1n) is 8.07. The van der Waals surface area contributed by atoms with Gasteiger partial charge >= 0.3 is 0 Å². The van der Waals surface area contributed by atoms with Crippen LogP contribution in [0.5, 0.6) is 0 Å². The highest BCUT2D eigenvalue weighted by Crippen LogP contribution is 2.52. The molecule has 3 fully saturated rings. The summed E-state index contributed by atoms with van der Waals surface area (Å²) in [5.41, 5.74) is 1.16. The average Bonchev–Trinajstić information content (AvgIpc) is 2.95.